The van der Waals surface area contributed by atoms with Crippen LogP contribution in [0.2, 0.25) is 0 Å². The molecular weight excluding hydrogens is 388 g/mol. The average molecular weight is 439 g/mol. The summed E-state index contributed by atoms with van der Waals surface area (Å²) in [5.41, 5.74) is 3.95. The minimum Gasteiger partial charge on any atom is -0.361 e. The van der Waals surface area contributed by atoms with Gasteiger partial charge in [-0.05, 0) is 42.6 Å². The van der Waals surface area contributed by atoms with E-state index in [1.807, 2.05) is 6.08 Å². The quantitative estimate of drug-likeness (QED) is 0.147. The van der Waals surface area contributed by atoms with Crippen LogP contribution in [0.15, 0.2) is 37.1 Å². The Morgan fingerprint density at radius 2 is 1.34 bits per heavy atom. The van der Waals surface area contributed by atoms with Gasteiger partial charge in [0.15, 0.2) is 0 Å². The number of nitrogens with one attached hydrogen (secondary N) is 2. The molecule has 0 bridgehead atoms. The number of hydrogen-bond donors (Lipinski definition) is 2. The molecule has 0 amide bonds. The van der Waals surface area contributed by atoms with Crippen LogP contribution in [-0.4, -0.2) is 11.5 Å². The Kier molecular flexibility index (Phi) is 15.0. The van der Waals surface area contributed by atoms with Gasteiger partial charge in [-0.15, -0.1) is 6.58 Å². The van der Waals surface area contributed by atoms with Crippen LogP contribution in [-0.2, 0) is 13.0 Å². The number of rotatable bonds is 21. The van der Waals surface area contributed by atoms with Crippen molar-refractivity contribution in [1.29, 1.82) is 0 Å². The molecule has 32 heavy (non-hydrogen) atoms. The topological polar surface area (TPSA) is 27.8 Å². The summed E-state index contributed by atoms with van der Waals surface area (Å²) in [6.45, 7) is 8.23. The van der Waals surface area contributed by atoms with Gasteiger partial charge in [-0.3, -0.25) is 0 Å². The zero-order chi connectivity index (χ0) is 22.7. The molecule has 0 aliphatic rings. The first-order valence-corrected chi connectivity index (χ1v) is 13.8. The smallest absolute Gasteiger partial charge is 0.0457 e. The third-order valence-electron chi connectivity index (χ3n) is 6.73. The first-order valence-electron chi connectivity index (χ1n) is 13.8. The number of aromatic nitrogens is 1. The lowest BCUT2D eigenvalue weighted by Crippen LogP contribution is -2.14. The second-order valence-corrected chi connectivity index (χ2v) is 9.67. The van der Waals surface area contributed by atoms with E-state index in [-0.39, 0.29) is 0 Å². The van der Waals surface area contributed by atoms with Crippen molar-refractivity contribution in [2.75, 3.05) is 6.54 Å². The van der Waals surface area contributed by atoms with E-state index in [2.05, 4.69) is 48.2 Å². The van der Waals surface area contributed by atoms with Crippen LogP contribution in [0.25, 0.3) is 10.9 Å². The summed E-state index contributed by atoms with van der Waals surface area (Å²) in [6, 6.07) is 6.68. The van der Waals surface area contributed by atoms with Gasteiger partial charge in [0.25, 0.3) is 0 Å². The Bertz CT molecular complexity index is 715. The SMILES string of the molecule is C=CCc1ccc2[nH]cc(CNCCCCCCCCCCCCCCCCCC)c2c1. The number of allylic oxidation sites excluding steroid dienone is 1. The molecule has 0 atom stereocenters. The molecule has 2 rings (SSSR count). The molecule has 2 N–H and O–H groups in total. The summed E-state index contributed by atoms with van der Waals surface area (Å²) in [4.78, 5) is 3.40. The fraction of sp³-hybridized carbons (Fsp3) is 0.667. The highest BCUT2D eigenvalue weighted by Gasteiger charge is 2.04. The van der Waals surface area contributed by atoms with Gasteiger partial charge in [-0.2, -0.15) is 0 Å². The van der Waals surface area contributed by atoms with E-state index < -0.39 is 0 Å². The minimum atomic E-state index is 0.938. The largest absolute Gasteiger partial charge is 0.361 e. The molecule has 0 aliphatic carbocycles. The summed E-state index contributed by atoms with van der Waals surface area (Å²) in [5.74, 6) is 0. The Hall–Kier alpha value is -1.54. The van der Waals surface area contributed by atoms with Crippen molar-refractivity contribution in [2.45, 2.75) is 123 Å². The highest BCUT2D eigenvalue weighted by Crippen LogP contribution is 2.20. The highest BCUT2D eigenvalue weighted by molar-refractivity contribution is 5.83. The molecular formula is C30H50N2. The summed E-state index contributed by atoms with van der Waals surface area (Å²) in [6.07, 6.45) is 27.9. The molecule has 0 unspecified atom stereocenters. The van der Waals surface area contributed by atoms with Crippen molar-refractivity contribution in [3.63, 3.8) is 0 Å². The maximum atomic E-state index is 3.85. The molecule has 0 spiro atoms. The molecule has 1 aromatic heterocycles. The lowest BCUT2D eigenvalue weighted by atomic mass is 10.0. The zero-order valence-corrected chi connectivity index (χ0v) is 21.0. The Labute approximate surface area is 198 Å². The van der Waals surface area contributed by atoms with Crippen LogP contribution in [0.1, 0.15) is 121 Å². The fourth-order valence-electron chi connectivity index (χ4n) is 4.69. The highest BCUT2D eigenvalue weighted by atomic mass is 14.9. The number of H-pyrrole nitrogens is 1. The number of aromatic amines is 1. The van der Waals surface area contributed by atoms with Gasteiger partial charge in [-0.1, -0.05) is 115 Å². The summed E-state index contributed by atoms with van der Waals surface area (Å²) < 4.78 is 0. The predicted molar refractivity (Wildman–Crippen MR) is 143 cm³/mol. The molecule has 2 heteroatoms. The van der Waals surface area contributed by atoms with Crippen LogP contribution >= 0.6 is 0 Å². The van der Waals surface area contributed by atoms with Crippen LogP contribution in [0.4, 0.5) is 0 Å². The molecule has 0 aliphatic heterocycles. The van der Waals surface area contributed by atoms with Gasteiger partial charge >= 0.3 is 0 Å². The molecule has 1 heterocycles. The third kappa shape index (κ3) is 11.4. The van der Waals surface area contributed by atoms with Gasteiger partial charge < -0.3 is 10.3 Å². The molecule has 1 aromatic carbocycles. The molecule has 0 saturated heterocycles. The summed E-state index contributed by atoms with van der Waals surface area (Å²) in [7, 11) is 0. The normalized spacial score (nSPS) is 11.4. The van der Waals surface area contributed by atoms with Crippen molar-refractivity contribution < 1.29 is 0 Å². The number of hydrogen-bond acceptors (Lipinski definition) is 1. The zero-order valence-electron chi connectivity index (χ0n) is 21.0. The first kappa shape index (κ1) is 26.7. The molecule has 2 nitrogen and oxygen atoms in total. The van der Waals surface area contributed by atoms with E-state index in [1.54, 1.807) is 0 Å². The van der Waals surface area contributed by atoms with E-state index in [1.165, 1.54) is 125 Å². The van der Waals surface area contributed by atoms with Gasteiger partial charge in [-0.25, -0.2) is 0 Å². The Balaban J connectivity index is 1.38. The van der Waals surface area contributed by atoms with Crippen LogP contribution in [0.3, 0.4) is 0 Å². The van der Waals surface area contributed by atoms with E-state index in [0.29, 0.717) is 0 Å². The van der Waals surface area contributed by atoms with E-state index in [0.717, 1.165) is 19.5 Å². The van der Waals surface area contributed by atoms with E-state index in [4.69, 9.17) is 0 Å². The fourth-order valence-corrected chi connectivity index (χ4v) is 4.69. The minimum absolute atomic E-state index is 0.938. The van der Waals surface area contributed by atoms with Crippen molar-refractivity contribution in [1.82, 2.24) is 10.3 Å². The average Bonchev–Trinajstić information content (AvgIpc) is 3.21. The second kappa shape index (κ2) is 18.0. The van der Waals surface area contributed by atoms with Crippen LogP contribution in [0.5, 0.6) is 0 Å². The summed E-state index contributed by atoms with van der Waals surface area (Å²) in [5, 5.41) is 4.99. The number of benzene rings is 1. The number of fused-ring (bicyclic) bond motifs is 1. The van der Waals surface area contributed by atoms with Crippen molar-refractivity contribution in [3.05, 3.63) is 48.2 Å². The molecule has 0 fully saturated rings. The predicted octanol–water partition coefficient (Wildman–Crippen LogP) is 9.25. The maximum Gasteiger partial charge on any atom is 0.0457 e. The summed E-state index contributed by atoms with van der Waals surface area (Å²) >= 11 is 0. The Morgan fingerprint density at radius 1 is 0.781 bits per heavy atom. The van der Waals surface area contributed by atoms with E-state index >= 15 is 0 Å². The van der Waals surface area contributed by atoms with Gasteiger partial charge in [0.1, 0.15) is 0 Å². The van der Waals surface area contributed by atoms with Crippen LogP contribution in [0, 0.1) is 0 Å². The molecule has 180 valence electrons. The first-order chi connectivity index (χ1) is 15.8. The van der Waals surface area contributed by atoms with Crippen molar-refractivity contribution in [2.24, 2.45) is 0 Å². The standard InChI is InChI=1S/C30H50N2/c1-3-5-6-7-8-9-10-11-12-13-14-15-16-17-18-19-23-31-25-28-26-32-30-22-21-27(20-4-2)24-29(28)30/h4,21-22,24,26,31-32H,2-3,5-20,23,25H2,1H3. The molecule has 2 aromatic rings. The lowest BCUT2D eigenvalue weighted by molar-refractivity contribution is 0.525. The Morgan fingerprint density at radius 3 is 1.91 bits per heavy atom. The lowest BCUT2D eigenvalue weighted by Gasteiger charge is -2.06. The van der Waals surface area contributed by atoms with Gasteiger partial charge in [0.05, 0.1) is 0 Å². The molecule has 0 saturated carbocycles. The monoisotopic (exact) mass is 438 g/mol. The maximum absolute atomic E-state index is 3.85. The van der Waals surface area contributed by atoms with Crippen LogP contribution < -0.4 is 5.32 Å². The number of unbranched alkanes of at least 4 members (excludes halogenated alkanes) is 15. The van der Waals surface area contributed by atoms with Gasteiger partial charge in [0, 0.05) is 23.6 Å². The molecule has 0 radical (unpaired) electrons. The van der Waals surface area contributed by atoms with E-state index in [9.17, 15) is 0 Å². The third-order valence-corrected chi connectivity index (χ3v) is 6.73. The second-order valence-electron chi connectivity index (χ2n) is 9.67. The van der Waals surface area contributed by atoms with Crippen molar-refractivity contribution >= 4 is 10.9 Å². The van der Waals surface area contributed by atoms with Gasteiger partial charge in [0.2, 0.25) is 0 Å². The van der Waals surface area contributed by atoms with Crippen molar-refractivity contribution in [3.8, 4) is 0 Å².